The van der Waals surface area contributed by atoms with Crippen molar-refractivity contribution in [3.8, 4) is 0 Å². The Bertz CT molecular complexity index is 1000. The van der Waals surface area contributed by atoms with E-state index in [1.807, 2.05) is 42.6 Å². The maximum Gasteiger partial charge on any atom is 0.338 e. The lowest BCUT2D eigenvalue weighted by Crippen LogP contribution is -2.45. The number of hydrogen-bond donors (Lipinski definition) is 2. The van der Waals surface area contributed by atoms with E-state index in [0.717, 1.165) is 12.0 Å². The van der Waals surface area contributed by atoms with Crippen LogP contribution in [-0.4, -0.2) is 30.4 Å². The number of benzene rings is 2. The first-order valence-electron chi connectivity index (χ1n) is 10.0. The van der Waals surface area contributed by atoms with Crippen molar-refractivity contribution < 1.29 is 19.1 Å². The van der Waals surface area contributed by atoms with E-state index in [0.29, 0.717) is 29.2 Å². The first kappa shape index (κ1) is 22.2. The average Bonchev–Trinajstić information content (AvgIpc) is 3.33. The molecule has 31 heavy (non-hydrogen) atoms. The molecule has 0 bridgehead atoms. The van der Waals surface area contributed by atoms with Crippen molar-refractivity contribution in [3.05, 3.63) is 88.1 Å². The number of nitrogens with one attached hydrogen (secondary N) is 2. The quantitative estimate of drug-likeness (QED) is 0.490. The first-order valence-corrected chi connectivity index (χ1v) is 10.9. The highest BCUT2D eigenvalue weighted by atomic mass is 32.1. The van der Waals surface area contributed by atoms with Crippen molar-refractivity contribution >= 4 is 34.8 Å². The molecule has 6 nitrogen and oxygen atoms in total. The van der Waals surface area contributed by atoms with Gasteiger partial charge in [0.1, 0.15) is 6.04 Å². The lowest BCUT2D eigenvalue weighted by Gasteiger charge is -2.18. The highest BCUT2D eigenvalue weighted by molar-refractivity contribution is 7.12. The van der Waals surface area contributed by atoms with Gasteiger partial charge in [-0.15, -0.1) is 11.3 Å². The molecular formula is C24H24N2O4S. The molecule has 2 aromatic carbocycles. The predicted molar refractivity (Wildman–Crippen MR) is 121 cm³/mol. The molecule has 7 heteroatoms. The smallest absolute Gasteiger partial charge is 0.338 e. The zero-order valence-corrected chi connectivity index (χ0v) is 18.0. The standard InChI is InChI=1S/C24H24N2O4S/c1-2-14-30-24(29)18-10-12-19(13-11-18)25-22(27)20(16-17-7-4-3-5-8-17)26-23(28)21-9-6-15-31-21/h3-13,15,20H,2,14,16H2,1H3,(H,25,27)(H,26,28). The number of carbonyl (C=O) groups excluding carboxylic acids is 3. The monoisotopic (exact) mass is 436 g/mol. The minimum Gasteiger partial charge on any atom is -0.462 e. The molecule has 2 N–H and O–H groups in total. The molecule has 1 unspecified atom stereocenters. The topological polar surface area (TPSA) is 84.5 Å². The van der Waals surface area contributed by atoms with Crippen LogP contribution in [0.1, 0.15) is 38.9 Å². The zero-order chi connectivity index (χ0) is 22.1. The number of ether oxygens (including phenoxy) is 1. The average molecular weight is 437 g/mol. The van der Waals surface area contributed by atoms with Crippen LogP contribution in [-0.2, 0) is 16.0 Å². The van der Waals surface area contributed by atoms with Gasteiger partial charge in [-0.1, -0.05) is 43.3 Å². The summed E-state index contributed by atoms with van der Waals surface area (Å²) in [6.45, 7) is 2.29. The summed E-state index contributed by atoms with van der Waals surface area (Å²) < 4.78 is 5.11. The largest absolute Gasteiger partial charge is 0.462 e. The Balaban J connectivity index is 1.70. The zero-order valence-electron chi connectivity index (χ0n) is 17.2. The number of amides is 2. The van der Waals surface area contributed by atoms with Crippen LogP contribution in [0.5, 0.6) is 0 Å². The van der Waals surface area contributed by atoms with Gasteiger partial charge in [0.25, 0.3) is 5.91 Å². The van der Waals surface area contributed by atoms with Crippen LogP contribution in [0.25, 0.3) is 0 Å². The van der Waals surface area contributed by atoms with Crippen molar-refractivity contribution in [1.29, 1.82) is 0 Å². The fourth-order valence-electron chi connectivity index (χ4n) is 2.89. The van der Waals surface area contributed by atoms with Gasteiger partial charge in [-0.3, -0.25) is 9.59 Å². The third-order valence-corrected chi connectivity index (χ3v) is 5.34. The third kappa shape index (κ3) is 6.52. The van der Waals surface area contributed by atoms with Crippen LogP contribution in [0, 0.1) is 0 Å². The van der Waals surface area contributed by atoms with Gasteiger partial charge in [-0.2, -0.15) is 0 Å². The van der Waals surface area contributed by atoms with Gasteiger partial charge in [-0.05, 0) is 47.7 Å². The molecule has 0 spiro atoms. The summed E-state index contributed by atoms with van der Waals surface area (Å²) in [5.41, 5.74) is 1.88. The molecule has 0 aliphatic heterocycles. The molecule has 3 rings (SSSR count). The maximum atomic E-state index is 13.0. The molecule has 1 aromatic heterocycles. The summed E-state index contributed by atoms with van der Waals surface area (Å²) >= 11 is 1.32. The van der Waals surface area contributed by atoms with E-state index in [4.69, 9.17) is 4.74 Å². The Morgan fingerprint density at radius 3 is 2.35 bits per heavy atom. The van der Waals surface area contributed by atoms with Crippen LogP contribution in [0.3, 0.4) is 0 Å². The van der Waals surface area contributed by atoms with Crippen molar-refractivity contribution in [1.82, 2.24) is 5.32 Å². The summed E-state index contributed by atoms with van der Waals surface area (Å²) in [6.07, 6.45) is 1.10. The molecule has 1 atom stereocenters. The number of esters is 1. The van der Waals surface area contributed by atoms with Gasteiger partial charge in [0.15, 0.2) is 0 Å². The summed E-state index contributed by atoms with van der Waals surface area (Å²) in [5, 5.41) is 7.46. The van der Waals surface area contributed by atoms with E-state index in [1.54, 1.807) is 36.4 Å². The number of rotatable bonds is 9. The molecule has 160 valence electrons. The first-order chi connectivity index (χ1) is 15.1. The van der Waals surface area contributed by atoms with Gasteiger partial charge < -0.3 is 15.4 Å². The maximum absolute atomic E-state index is 13.0. The SMILES string of the molecule is CCCOC(=O)c1ccc(NC(=O)C(Cc2ccccc2)NC(=O)c2cccs2)cc1. The van der Waals surface area contributed by atoms with Crippen molar-refractivity contribution in [3.63, 3.8) is 0 Å². The number of carbonyl (C=O) groups is 3. The molecule has 0 aliphatic carbocycles. The van der Waals surface area contributed by atoms with Crippen molar-refractivity contribution in [2.75, 3.05) is 11.9 Å². The summed E-state index contributed by atoms with van der Waals surface area (Å²) in [4.78, 5) is 38.0. The molecule has 0 radical (unpaired) electrons. The molecule has 0 aliphatic rings. The Hall–Kier alpha value is -3.45. The molecular weight excluding hydrogens is 412 g/mol. The molecule has 1 heterocycles. The highest BCUT2D eigenvalue weighted by Crippen LogP contribution is 2.14. The molecule has 2 amide bonds. The summed E-state index contributed by atoms with van der Waals surface area (Å²) in [6, 6.07) is 18.7. The lowest BCUT2D eigenvalue weighted by molar-refractivity contribution is -0.118. The van der Waals surface area contributed by atoms with Crippen LogP contribution >= 0.6 is 11.3 Å². The predicted octanol–water partition coefficient (Wildman–Crippen LogP) is 4.29. The minimum atomic E-state index is -0.758. The summed E-state index contributed by atoms with van der Waals surface area (Å²) in [5.74, 6) is -1.03. The number of hydrogen-bond acceptors (Lipinski definition) is 5. The van der Waals surface area contributed by atoms with E-state index in [9.17, 15) is 14.4 Å². The van der Waals surface area contributed by atoms with E-state index < -0.39 is 12.0 Å². The van der Waals surface area contributed by atoms with E-state index in [-0.39, 0.29) is 11.8 Å². The third-order valence-electron chi connectivity index (χ3n) is 4.47. The van der Waals surface area contributed by atoms with Gasteiger partial charge in [0.05, 0.1) is 17.0 Å². The Morgan fingerprint density at radius 2 is 1.71 bits per heavy atom. The van der Waals surface area contributed by atoms with E-state index in [2.05, 4.69) is 10.6 Å². The fourth-order valence-corrected chi connectivity index (χ4v) is 3.52. The number of thiophene rings is 1. The van der Waals surface area contributed by atoms with E-state index in [1.165, 1.54) is 11.3 Å². The fraction of sp³-hybridized carbons (Fsp3) is 0.208. The summed E-state index contributed by atoms with van der Waals surface area (Å²) in [7, 11) is 0. The second kappa shape index (κ2) is 11.1. The van der Waals surface area contributed by atoms with Crippen LogP contribution in [0.2, 0.25) is 0 Å². The van der Waals surface area contributed by atoms with Crippen molar-refractivity contribution in [2.45, 2.75) is 25.8 Å². The van der Waals surface area contributed by atoms with Gasteiger partial charge in [-0.25, -0.2) is 4.79 Å². The Labute approximate surface area is 185 Å². The van der Waals surface area contributed by atoms with Crippen LogP contribution in [0.4, 0.5) is 5.69 Å². The lowest BCUT2D eigenvalue weighted by atomic mass is 10.0. The van der Waals surface area contributed by atoms with Gasteiger partial charge in [0.2, 0.25) is 5.91 Å². The normalized spacial score (nSPS) is 11.4. The Morgan fingerprint density at radius 1 is 0.968 bits per heavy atom. The van der Waals surface area contributed by atoms with E-state index >= 15 is 0 Å². The highest BCUT2D eigenvalue weighted by Gasteiger charge is 2.22. The van der Waals surface area contributed by atoms with Gasteiger partial charge in [0, 0.05) is 12.1 Å². The minimum absolute atomic E-state index is 0.292. The number of anilines is 1. The molecule has 0 saturated heterocycles. The second-order valence-electron chi connectivity index (χ2n) is 6.90. The molecule has 0 saturated carbocycles. The molecule has 0 fully saturated rings. The second-order valence-corrected chi connectivity index (χ2v) is 7.84. The van der Waals surface area contributed by atoms with Crippen LogP contribution < -0.4 is 10.6 Å². The van der Waals surface area contributed by atoms with Crippen LogP contribution in [0.15, 0.2) is 72.1 Å². The molecule has 3 aromatic rings. The van der Waals surface area contributed by atoms with Crippen molar-refractivity contribution in [2.24, 2.45) is 0 Å². The Kier molecular flexibility index (Phi) is 7.95. The van der Waals surface area contributed by atoms with Gasteiger partial charge >= 0.3 is 5.97 Å².